The predicted octanol–water partition coefficient (Wildman–Crippen LogP) is 2.98. The van der Waals surface area contributed by atoms with Gasteiger partial charge in [0.15, 0.2) is 5.65 Å². The second kappa shape index (κ2) is 8.34. The van der Waals surface area contributed by atoms with Crippen molar-refractivity contribution in [1.29, 1.82) is 0 Å². The first-order valence-corrected chi connectivity index (χ1v) is 9.07. The first-order valence-electron chi connectivity index (χ1n) is 9.07. The molecule has 4 heterocycles. The van der Waals surface area contributed by atoms with Crippen LogP contribution in [0, 0.1) is 0 Å². The maximum absolute atomic E-state index is 11.9. The second-order valence-electron chi connectivity index (χ2n) is 6.21. The summed E-state index contributed by atoms with van der Waals surface area (Å²) in [6.45, 7) is 1.58. The van der Waals surface area contributed by atoms with E-state index in [1.165, 1.54) is 0 Å². The molecule has 0 saturated heterocycles. The topological polar surface area (TPSA) is 97.9 Å². The van der Waals surface area contributed by atoms with Crippen LogP contribution in [0.15, 0.2) is 65.7 Å². The highest BCUT2D eigenvalue weighted by Gasteiger charge is 2.13. The van der Waals surface area contributed by atoms with E-state index in [4.69, 9.17) is 9.40 Å². The fraction of sp³-hybridized carbons (Fsp3) is 0.200. The van der Waals surface area contributed by atoms with Crippen molar-refractivity contribution >= 4 is 17.2 Å². The summed E-state index contributed by atoms with van der Waals surface area (Å²) in [6, 6.07) is 11.1. The van der Waals surface area contributed by atoms with Crippen molar-refractivity contribution in [3.63, 3.8) is 0 Å². The second-order valence-corrected chi connectivity index (χ2v) is 6.21. The van der Waals surface area contributed by atoms with Crippen LogP contribution in [-0.4, -0.2) is 32.1 Å². The number of aryl methyl sites for hydroxylation is 1. The summed E-state index contributed by atoms with van der Waals surface area (Å²) in [5.74, 6) is 1.56. The minimum atomic E-state index is -0.223. The highest BCUT2D eigenvalue weighted by molar-refractivity contribution is 5.77. The molecule has 4 aromatic rings. The summed E-state index contributed by atoms with van der Waals surface area (Å²) in [5, 5.41) is 5.62. The number of hydrogen-bond acceptors (Lipinski definition) is 5. The molecule has 0 aliphatic heterocycles. The molecule has 8 heteroatoms. The Morgan fingerprint density at radius 3 is 2.79 bits per heavy atom. The normalized spacial score (nSPS) is 10.9. The third-order valence-electron chi connectivity index (χ3n) is 4.29. The van der Waals surface area contributed by atoms with Gasteiger partial charge in [0.05, 0.1) is 12.8 Å². The van der Waals surface area contributed by atoms with E-state index in [9.17, 15) is 4.79 Å². The average Bonchev–Trinajstić information content (AvgIpc) is 3.38. The van der Waals surface area contributed by atoms with Gasteiger partial charge in [0, 0.05) is 37.2 Å². The Morgan fingerprint density at radius 2 is 1.96 bits per heavy atom. The quantitative estimate of drug-likeness (QED) is 0.483. The number of carbonyl (C=O) groups is 1. The highest BCUT2D eigenvalue weighted by atomic mass is 16.3. The van der Waals surface area contributed by atoms with Gasteiger partial charge in [-0.25, -0.2) is 14.8 Å². The van der Waals surface area contributed by atoms with Crippen LogP contribution in [0.4, 0.5) is 4.79 Å². The van der Waals surface area contributed by atoms with E-state index in [0.29, 0.717) is 25.4 Å². The molecule has 8 nitrogen and oxygen atoms in total. The number of imidazole rings is 1. The maximum atomic E-state index is 11.9. The minimum absolute atomic E-state index is 0.223. The fourth-order valence-corrected chi connectivity index (χ4v) is 2.97. The Labute approximate surface area is 161 Å². The van der Waals surface area contributed by atoms with Crippen molar-refractivity contribution in [3.8, 4) is 11.4 Å². The Balaban J connectivity index is 1.38. The molecule has 4 rings (SSSR count). The molecule has 2 N–H and O–H groups in total. The standard InChI is InChI=1S/C20H20N6O2/c27-20(24-14-16-4-2-13-28-16)23-9-3-12-26-18(15-6-10-21-11-7-15)25-17-5-1-8-22-19(17)26/h1-2,4-8,10-11,13H,3,9,12,14H2,(H2,23,24,27). The van der Waals surface area contributed by atoms with Crippen molar-refractivity contribution in [2.45, 2.75) is 19.5 Å². The molecule has 0 aromatic carbocycles. The van der Waals surface area contributed by atoms with E-state index in [-0.39, 0.29) is 6.03 Å². The van der Waals surface area contributed by atoms with E-state index in [0.717, 1.165) is 29.0 Å². The van der Waals surface area contributed by atoms with E-state index in [2.05, 4.69) is 25.2 Å². The van der Waals surface area contributed by atoms with E-state index in [1.54, 1.807) is 30.9 Å². The zero-order valence-electron chi connectivity index (χ0n) is 15.2. The summed E-state index contributed by atoms with van der Waals surface area (Å²) in [6.07, 6.45) is 7.58. The van der Waals surface area contributed by atoms with Crippen LogP contribution in [0.5, 0.6) is 0 Å². The SMILES string of the molecule is O=C(NCCCn1c(-c2ccncc2)nc2cccnc21)NCc1ccco1. The molecule has 2 amide bonds. The molecular weight excluding hydrogens is 356 g/mol. The monoisotopic (exact) mass is 376 g/mol. The number of furan rings is 1. The molecule has 0 radical (unpaired) electrons. The number of pyridine rings is 2. The number of rotatable bonds is 7. The zero-order valence-corrected chi connectivity index (χ0v) is 15.2. The predicted molar refractivity (Wildman–Crippen MR) is 104 cm³/mol. The molecule has 142 valence electrons. The van der Waals surface area contributed by atoms with Crippen molar-refractivity contribution < 1.29 is 9.21 Å². The van der Waals surface area contributed by atoms with Gasteiger partial charge in [0.25, 0.3) is 0 Å². The third kappa shape index (κ3) is 4.01. The lowest BCUT2D eigenvalue weighted by Gasteiger charge is -2.10. The maximum Gasteiger partial charge on any atom is 0.315 e. The Morgan fingerprint density at radius 1 is 1.07 bits per heavy atom. The molecule has 0 aliphatic rings. The smallest absolute Gasteiger partial charge is 0.315 e. The molecule has 0 spiro atoms. The summed E-state index contributed by atoms with van der Waals surface area (Å²) >= 11 is 0. The summed E-state index contributed by atoms with van der Waals surface area (Å²) in [7, 11) is 0. The number of urea groups is 1. The first kappa shape index (κ1) is 17.7. The van der Waals surface area contributed by atoms with E-state index in [1.807, 2.05) is 30.3 Å². The summed E-state index contributed by atoms with van der Waals surface area (Å²) in [5.41, 5.74) is 2.66. The number of carbonyl (C=O) groups excluding carboxylic acids is 1. The Kier molecular flexibility index (Phi) is 5.28. The van der Waals surface area contributed by atoms with Gasteiger partial charge in [-0.05, 0) is 42.8 Å². The van der Waals surface area contributed by atoms with Crippen LogP contribution in [0.2, 0.25) is 0 Å². The first-order chi connectivity index (χ1) is 13.8. The van der Waals surface area contributed by atoms with Gasteiger partial charge >= 0.3 is 6.03 Å². The van der Waals surface area contributed by atoms with Gasteiger partial charge in [-0.3, -0.25) is 4.98 Å². The van der Waals surface area contributed by atoms with Gasteiger partial charge in [0.2, 0.25) is 0 Å². The fourth-order valence-electron chi connectivity index (χ4n) is 2.97. The van der Waals surface area contributed by atoms with E-state index < -0.39 is 0 Å². The van der Waals surface area contributed by atoms with Crippen LogP contribution in [0.25, 0.3) is 22.6 Å². The lowest BCUT2D eigenvalue weighted by Crippen LogP contribution is -2.35. The number of hydrogen-bond donors (Lipinski definition) is 2. The van der Waals surface area contributed by atoms with Crippen molar-refractivity contribution in [2.24, 2.45) is 0 Å². The van der Waals surface area contributed by atoms with Gasteiger partial charge in [-0.15, -0.1) is 0 Å². The minimum Gasteiger partial charge on any atom is -0.467 e. The van der Waals surface area contributed by atoms with Gasteiger partial charge in [-0.1, -0.05) is 0 Å². The Hall–Kier alpha value is -3.68. The zero-order chi connectivity index (χ0) is 19.2. The molecule has 0 fully saturated rings. The largest absolute Gasteiger partial charge is 0.467 e. The van der Waals surface area contributed by atoms with Crippen molar-refractivity contribution in [2.75, 3.05) is 6.54 Å². The van der Waals surface area contributed by atoms with Crippen molar-refractivity contribution in [3.05, 3.63) is 67.0 Å². The number of fused-ring (bicyclic) bond motifs is 1. The van der Waals surface area contributed by atoms with Crippen LogP contribution in [0.1, 0.15) is 12.2 Å². The summed E-state index contributed by atoms with van der Waals surface area (Å²) < 4.78 is 7.27. The molecule has 0 bridgehead atoms. The summed E-state index contributed by atoms with van der Waals surface area (Å²) in [4.78, 5) is 25.2. The highest BCUT2D eigenvalue weighted by Crippen LogP contribution is 2.23. The van der Waals surface area contributed by atoms with Gasteiger partial charge < -0.3 is 19.6 Å². The molecule has 4 aromatic heterocycles. The van der Waals surface area contributed by atoms with Crippen LogP contribution < -0.4 is 10.6 Å². The average molecular weight is 376 g/mol. The lowest BCUT2D eigenvalue weighted by atomic mass is 10.2. The van der Waals surface area contributed by atoms with Gasteiger partial charge in [0.1, 0.15) is 17.1 Å². The molecule has 28 heavy (non-hydrogen) atoms. The van der Waals surface area contributed by atoms with Gasteiger partial charge in [-0.2, -0.15) is 0 Å². The Bertz CT molecular complexity index is 1040. The molecular formula is C20H20N6O2. The number of aromatic nitrogens is 4. The van der Waals surface area contributed by atoms with Crippen molar-refractivity contribution in [1.82, 2.24) is 30.2 Å². The number of nitrogens with zero attached hydrogens (tertiary/aromatic N) is 4. The number of nitrogens with one attached hydrogen (secondary N) is 2. The molecule has 0 aliphatic carbocycles. The molecule has 0 atom stereocenters. The lowest BCUT2D eigenvalue weighted by molar-refractivity contribution is 0.239. The molecule has 0 saturated carbocycles. The van der Waals surface area contributed by atoms with Crippen LogP contribution in [0.3, 0.4) is 0 Å². The van der Waals surface area contributed by atoms with Crippen LogP contribution in [-0.2, 0) is 13.1 Å². The van der Waals surface area contributed by atoms with E-state index >= 15 is 0 Å². The molecule has 0 unspecified atom stereocenters. The third-order valence-corrected chi connectivity index (χ3v) is 4.29. The van der Waals surface area contributed by atoms with Crippen LogP contribution >= 0.6 is 0 Å². The number of amides is 2.